The zero-order chi connectivity index (χ0) is 11.4. The molecule has 0 atom stereocenters. The Morgan fingerprint density at radius 3 is 3.00 bits per heavy atom. The van der Waals surface area contributed by atoms with E-state index < -0.39 is 0 Å². The standard InChI is InChI=1S/C12H11N3O/c1-9-2-3-10(7-13)12(6-9)14-8-11-4-5-15-16-11/h2-6,14H,8H2,1H3. The average molecular weight is 213 g/mol. The number of nitrogens with one attached hydrogen (secondary N) is 1. The lowest BCUT2D eigenvalue weighted by Gasteiger charge is -2.06. The Kier molecular flexibility index (Phi) is 2.88. The number of hydrogen-bond donors (Lipinski definition) is 1. The van der Waals surface area contributed by atoms with E-state index in [0.717, 1.165) is 17.0 Å². The van der Waals surface area contributed by atoms with Gasteiger partial charge in [0.2, 0.25) is 0 Å². The predicted octanol–water partition coefficient (Wildman–Crippen LogP) is 2.47. The summed E-state index contributed by atoms with van der Waals surface area (Å²) < 4.78 is 4.96. The average Bonchev–Trinajstić information content (AvgIpc) is 2.79. The molecule has 0 saturated carbocycles. The van der Waals surface area contributed by atoms with Crippen molar-refractivity contribution < 1.29 is 4.52 Å². The van der Waals surface area contributed by atoms with Crippen LogP contribution in [-0.2, 0) is 6.54 Å². The number of nitriles is 1. The SMILES string of the molecule is Cc1ccc(C#N)c(NCc2ccno2)c1. The molecular weight excluding hydrogens is 202 g/mol. The van der Waals surface area contributed by atoms with Crippen molar-refractivity contribution in [2.45, 2.75) is 13.5 Å². The highest BCUT2D eigenvalue weighted by molar-refractivity contribution is 5.58. The van der Waals surface area contributed by atoms with Crippen molar-refractivity contribution in [2.75, 3.05) is 5.32 Å². The summed E-state index contributed by atoms with van der Waals surface area (Å²) in [7, 11) is 0. The summed E-state index contributed by atoms with van der Waals surface area (Å²) in [6, 6.07) is 9.59. The van der Waals surface area contributed by atoms with E-state index in [1.807, 2.05) is 19.1 Å². The fourth-order valence-corrected chi connectivity index (χ4v) is 1.42. The Morgan fingerprint density at radius 2 is 2.31 bits per heavy atom. The Hall–Kier alpha value is -2.28. The van der Waals surface area contributed by atoms with Crippen LogP contribution < -0.4 is 5.32 Å². The molecule has 0 bridgehead atoms. The summed E-state index contributed by atoms with van der Waals surface area (Å²) in [6.07, 6.45) is 1.60. The second-order valence-electron chi connectivity index (χ2n) is 3.49. The number of nitrogens with zero attached hydrogens (tertiary/aromatic N) is 2. The van der Waals surface area contributed by atoms with Gasteiger partial charge in [-0.1, -0.05) is 11.2 Å². The summed E-state index contributed by atoms with van der Waals surface area (Å²) in [4.78, 5) is 0. The van der Waals surface area contributed by atoms with Gasteiger partial charge in [-0.2, -0.15) is 5.26 Å². The molecule has 1 N–H and O–H groups in total. The van der Waals surface area contributed by atoms with Gasteiger partial charge in [0, 0.05) is 6.07 Å². The highest BCUT2D eigenvalue weighted by Gasteiger charge is 2.03. The summed E-state index contributed by atoms with van der Waals surface area (Å²) >= 11 is 0. The minimum absolute atomic E-state index is 0.526. The van der Waals surface area contributed by atoms with Gasteiger partial charge in [-0.25, -0.2) is 0 Å². The Morgan fingerprint density at radius 1 is 1.44 bits per heavy atom. The number of aryl methyl sites for hydroxylation is 1. The summed E-state index contributed by atoms with van der Waals surface area (Å²) in [6.45, 7) is 2.51. The van der Waals surface area contributed by atoms with E-state index in [0.29, 0.717) is 12.1 Å². The topological polar surface area (TPSA) is 61.9 Å². The first-order valence-electron chi connectivity index (χ1n) is 4.94. The van der Waals surface area contributed by atoms with Crippen molar-refractivity contribution in [2.24, 2.45) is 0 Å². The first kappa shape index (κ1) is 10.2. The van der Waals surface area contributed by atoms with E-state index in [1.165, 1.54) is 0 Å². The predicted molar refractivity (Wildman–Crippen MR) is 59.7 cm³/mol. The zero-order valence-corrected chi connectivity index (χ0v) is 8.90. The van der Waals surface area contributed by atoms with Gasteiger partial charge in [-0.05, 0) is 24.6 Å². The number of hydrogen-bond acceptors (Lipinski definition) is 4. The first-order valence-corrected chi connectivity index (χ1v) is 4.94. The number of aromatic nitrogens is 1. The van der Waals surface area contributed by atoms with E-state index in [4.69, 9.17) is 9.78 Å². The number of benzene rings is 1. The molecule has 0 spiro atoms. The molecule has 0 aliphatic rings. The summed E-state index contributed by atoms with van der Waals surface area (Å²) in [5.74, 6) is 0.741. The van der Waals surface area contributed by atoms with Crippen LogP contribution >= 0.6 is 0 Å². The highest BCUT2D eigenvalue weighted by atomic mass is 16.5. The Bertz CT molecular complexity index is 512. The van der Waals surface area contributed by atoms with Gasteiger partial charge in [0.25, 0.3) is 0 Å². The maximum Gasteiger partial charge on any atom is 0.155 e. The van der Waals surface area contributed by atoms with E-state index >= 15 is 0 Å². The van der Waals surface area contributed by atoms with Gasteiger partial charge in [0.1, 0.15) is 6.07 Å². The molecule has 2 aromatic rings. The van der Waals surface area contributed by atoms with Crippen LogP contribution in [0.2, 0.25) is 0 Å². The second-order valence-corrected chi connectivity index (χ2v) is 3.49. The minimum atomic E-state index is 0.526. The molecule has 0 saturated heterocycles. The van der Waals surface area contributed by atoms with E-state index in [9.17, 15) is 0 Å². The normalized spacial score (nSPS) is 9.75. The quantitative estimate of drug-likeness (QED) is 0.850. The first-order chi connectivity index (χ1) is 7.79. The molecule has 1 heterocycles. The van der Waals surface area contributed by atoms with Crippen molar-refractivity contribution in [3.8, 4) is 6.07 Å². The molecule has 4 nitrogen and oxygen atoms in total. The monoisotopic (exact) mass is 213 g/mol. The molecule has 0 aliphatic carbocycles. The van der Waals surface area contributed by atoms with Crippen LogP contribution in [0.15, 0.2) is 35.0 Å². The fraction of sp³-hybridized carbons (Fsp3) is 0.167. The largest absolute Gasteiger partial charge is 0.377 e. The molecule has 0 radical (unpaired) electrons. The van der Waals surface area contributed by atoms with Crippen LogP contribution in [0.1, 0.15) is 16.9 Å². The van der Waals surface area contributed by atoms with Gasteiger partial charge in [-0.3, -0.25) is 0 Å². The molecule has 16 heavy (non-hydrogen) atoms. The van der Waals surface area contributed by atoms with Gasteiger partial charge in [0.05, 0.1) is 24.0 Å². The minimum Gasteiger partial charge on any atom is -0.377 e. The number of anilines is 1. The van der Waals surface area contributed by atoms with Gasteiger partial charge >= 0.3 is 0 Å². The lowest BCUT2D eigenvalue weighted by atomic mass is 10.1. The van der Waals surface area contributed by atoms with E-state index in [-0.39, 0.29) is 0 Å². The van der Waals surface area contributed by atoms with Crippen LogP contribution in [-0.4, -0.2) is 5.16 Å². The molecule has 0 fully saturated rings. The fourth-order valence-electron chi connectivity index (χ4n) is 1.42. The maximum atomic E-state index is 8.94. The summed E-state index contributed by atoms with van der Waals surface area (Å²) in [5.41, 5.74) is 2.56. The van der Waals surface area contributed by atoms with Crippen LogP contribution in [0.3, 0.4) is 0 Å². The van der Waals surface area contributed by atoms with Crippen LogP contribution in [0.25, 0.3) is 0 Å². The zero-order valence-electron chi connectivity index (χ0n) is 8.90. The van der Waals surface area contributed by atoms with Crippen LogP contribution in [0.5, 0.6) is 0 Å². The van der Waals surface area contributed by atoms with E-state index in [1.54, 1.807) is 18.3 Å². The van der Waals surface area contributed by atoms with Crippen molar-refractivity contribution in [3.05, 3.63) is 47.3 Å². The van der Waals surface area contributed by atoms with Crippen LogP contribution in [0.4, 0.5) is 5.69 Å². The van der Waals surface area contributed by atoms with Gasteiger partial charge in [-0.15, -0.1) is 0 Å². The second kappa shape index (κ2) is 4.49. The van der Waals surface area contributed by atoms with E-state index in [2.05, 4.69) is 16.5 Å². The molecule has 1 aromatic carbocycles. The highest BCUT2D eigenvalue weighted by Crippen LogP contribution is 2.17. The molecule has 0 aliphatic heterocycles. The molecule has 80 valence electrons. The Balaban J connectivity index is 2.15. The summed E-state index contributed by atoms with van der Waals surface area (Å²) in [5, 5.41) is 15.7. The lowest BCUT2D eigenvalue weighted by Crippen LogP contribution is -2.00. The van der Waals surface area contributed by atoms with Gasteiger partial charge in [0.15, 0.2) is 5.76 Å². The molecule has 2 rings (SSSR count). The lowest BCUT2D eigenvalue weighted by molar-refractivity contribution is 0.388. The van der Waals surface area contributed by atoms with Crippen molar-refractivity contribution in [1.29, 1.82) is 5.26 Å². The van der Waals surface area contributed by atoms with Gasteiger partial charge < -0.3 is 9.84 Å². The molecule has 0 amide bonds. The third kappa shape index (κ3) is 2.20. The maximum absolute atomic E-state index is 8.94. The number of rotatable bonds is 3. The van der Waals surface area contributed by atoms with Crippen molar-refractivity contribution in [3.63, 3.8) is 0 Å². The van der Waals surface area contributed by atoms with Crippen molar-refractivity contribution >= 4 is 5.69 Å². The molecule has 1 aromatic heterocycles. The molecule has 4 heteroatoms. The third-order valence-corrected chi connectivity index (χ3v) is 2.24. The van der Waals surface area contributed by atoms with Crippen LogP contribution in [0, 0.1) is 18.3 Å². The third-order valence-electron chi connectivity index (χ3n) is 2.24. The van der Waals surface area contributed by atoms with Crippen molar-refractivity contribution in [1.82, 2.24) is 5.16 Å². The smallest absolute Gasteiger partial charge is 0.155 e. The Labute approximate surface area is 93.5 Å². The molecular formula is C12H11N3O. The molecule has 0 unspecified atom stereocenters.